The molecule has 7 nitrogen and oxygen atoms in total. The van der Waals surface area contributed by atoms with Gasteiger partial charge in [0, 0.05) is 24.4 Å². The maximum Gasteiger partial charge on any atom is 0.319 e. The first kappa shape index (κ1) is 16.8. The fourth-order valence-corrected chi connectivity index (χ4v) is 3.89. The van der Waals surface area contributed by atoms with Crippen molar-refractivity contribution in [2.45, 2.75) is 39.5 Å². The lowest BCUT2D eigenvalue weighted by Gasteiger charge is -2.11. The van der Waals surface area contributed by atoms with Crippen LogP contribution in [0.15, 0.2) is 12.1 Å². The molecule has 1 aliphatic carbocycles. The van der Waals surface area contributed by atoms with E-state index in [0.29, 0.717) is 18.7 Å². The summed E-state index contributed by atoms with van der Waals surface area (Å²) in [7, 11) is 0. The van der Waals surface area contributed by atoms with E-state index in [0.717, 1.165) is 59.1 Å². The van der Waals surface area contributed by atoms with Crippen molar-refractivity contribution in [2.75, 3.05) is 11.9 Å². The molecule has 0 saturated heterocycles. The van der Waals surface area contributed by atoms with Crippen molar-refractivity contribution in [3.8, 4) is 0 Å². The summed E-state index contributed by atoms with van der Waals surface area (Å²) in [4.78, 5) is 21.5. The quantitative estimate of drug-likeness (QED) is 0.738. The first-order valence-corrected chi connectivity index (χ1v) is 9.47. The number of fused-ring (bicyclic) bond motifs is 2. The number of carbonyl (C=O) groups excluding carboxylic acids is 1. The molecule has 0 atom stereocenters. The minimum absolute atomic E-state index is 0.258. The molecule has 0 spiro atoms. The van der Waals surface area contributed by atoms with Gasteiger partial charge in [-0.25, -0.2) is 14.8 Å². The highest BCUT2D eigenvalue weighted by molar-refractivity contribution is 7.00. The smallest absolute Gasteiger partial charge is 0.319 e. The van der Waals surface area contributed by atoms with E-state index in [9.17, 15) is 4.79 Å². The summed E-state index contributed by atoms with van der Waals surface area (Å²) in [5.41, 5.74) is 6.73. The first-order chi connectivity index (χ1) is 12.6. The van der Waals surface area contributed by atoms with Crippen LogP contribution >= 0.6 is 11.7 Å². The van der Waals surface area contributed by atoms with Crippen LogP contribution in [-0.4, -0.2) is 31.3 Å². The van der Waals surface area contributed by atoms with Crippen LogP contribution in [0.1, 0.15) is 34.8 Å². The summed E-state index contributed by atoms with van der Waals surface area (Å²) < 4.78 is 8.48. The van der Waals surface area contributed by atoms with Gasteiger partial charge in [-0.1, -0.05) is 6.07 Å². The van der Waals surface area contributed by atoms with Gasteiger partial charge < -0.3 is 10.6 Å². The molecule has 26 heavy (non-hydrogen) atoms. The van der Waals surface area contributed by atoms with Crippen LogP contribution < -0.4 is 10.6 Å². The standard InChI is InChI=1S/C18H20N6OS/c1-10-6-7-14-17(24-26-23-14)16(10)22-18(25)19-9-8-15-20-11(2)12-4-3-5-13(12)21-15/h6-7H,3-5,8-9H2,1-2H3,(H2,19,22,25). The topological polar surface area (TPSA) is 92.7 Å². The van der Waals surface area contributed by atoms with E-state index in [2.05, 4.69) is 29.3 Å². The molecule has 0 saturated carbocycles. The number of benzene rings is 1. The molecule has 1 aliphatic rings. The number of nitrogens with one attached hydrogen (secondary N) is 2. The Labute approximate surface area is 155 Å². The van der Waals surface area contributed by atoms with Crippen LogP contribution in [0.3, 0.4) is 0 Å². The molecule has 0 aliphatic heterocycles. The third-order valence-electron chi connectivity index (χ3n) is 4.70. The molecule has 1 aromatic carbocycles. The van der Waals surface area contributed by atoms with Crippen molar-refractivity contribution in [1.29, 1.82) is 0 Å². The Morgan fingerprint density at radius 3 is 2.96 bits per heavy atom. The summed E-state index contributed by atoms with van der Waals surface area (Å²) in [6, 6.07) is 3.58. The Morgan fingerprint density at radius 2 is 2.08 bits per heavy atom. The van der Waals surface area contributed by atoms with E-state index in [1.165, 1.54) is 11.3 Å². The minimum Gasteiger partial charge on any atom is -0.337 e. The monoisotopic (exact) mass is 368 g/mol. The van der Waals surface area contributed by atoms with E-state index in [4.69, 9.17) is 0 Å². The van der Waals surface area contributed by atoms with Crippen LogP contribution in [0.25, 0.3) is 11.0 Å². The van der Waals surface area contributed by atoms with Crippen molar-refractivity contribution >= 4 is 34.5 Å². The van der Waals surface area contributed by atoms with Gasteiger partial charge in [0.1, 0.15) is 16.9 Å². The number of hydrogen-bond acceptors (Lipinski definition) is 6. The van der Waals surface area contributed by atoms with Crippen LogP contribution in [-0.2, 0) is 19.3 Å². The number of nitrogens with zero attached hydrogens (tertiary/aromatic N) is 4. The first-order valence-electron chi connectivity index (χ1n) is 8.74. The molecular formula is C18H20N6OS. The van der Waals surface area contributed by atoms with Crippen LogP contribution in [0, 0.1) is 13.8 Å². The molecule has 0 fully saturated rings. The Kier molecular flexibility index (Phi) is 4.50. The SMILES string of the molecule is Cc1ccc2nsnc2c1NC(=O)NCCc1nc(C)c2c(n1)CCC2. The predicted molar refractivity (Wildman–Crippen MR) is 102 cm³/mol. The molecule has 8 heteroatoms. The molecule has 3 aromatic rings. The highest BCUT2D eigenvalue weighted by Crippen LogP contribution is 2.25. The van der Waals surface area contributed by atoms with E-state index >= 15 is 0 Å². The second-order valence-corrected chi connectivity index (χ2v) is 7.05. The zero-order chi connectivity index (χ0) is 18.1. The van der Waals surface area contributed by atoms with E-state index in [-0.39, 0.29) is 6.03 Å². The maximum atomic E-state index is 12.3. The Hall–Kier alpha value is -2.61. The molecule has 0 unspecified atom stereocenters. The number of carbonyl (C=O) groups is 1. The molecule has 2 amide bonds. The number of aromatic nitrogens is 4. The number of urea groups is 1. The number of hydrogen-bond donors (Lipinski definition) is 2. The lowest BCUT2D eigenvalue weighted by atomic mass is 10.1. The van der Waals surface area contributed by atoms with Crippen LogP contribution in [0.4, 0.5) is 10.5 Å². The number of anilines is 1. The summed E-state index contributed by atoms with van der Waals surface area (Å²) in [6.07, 6.45) is 3.89. The van der Waals surface area contributed by atoms with Crippen LogP contribution in [0.2, 0.25) is 0 Å². The maximum absolute atomic E-state index is 12.3. The zero-order valence-corrected chi connectivity index (χ0v) is 15.6. The summed E-state index contributed by atoms with van der Waals surface area (Å²) >= 11 is 1.14. The van der Waals surface area contributed by atoms with Crippen LogP contribution in [0.5, 0.6) is 0 Å². The van der Waals surface area contributed by atoms with Crippen molar-refractivity contribution in [1.82, 2.24) is 24.0 Å². The number of aryl methyl sites for hydroxylation is 3. The molecule has 0 radical (unpaired) electrons. The van der Waals surface area contributed by atoms with Gasteiger partial charge in [0.2, 0.25) is 0 Å². The number of amides is 2. The van der Waals surface area contributed by atoms with Gasteiger partial charge in [0.25, 0.3) is 0 Å². The fourth-order valence-electron chi connectivity index (χ4n) is 3.35. The summed E-state index contributed by atoms with van der Waals surface area (Å²) in [5, 5.41) is 5.77. The molecule has 134 valence electrons. The Balaban J connectivity index is 1.38. The van der Waals surface area contributed by atoms with Crippen molar-refractivity contribution in [3.05, 3.63) is 40.5 Å². The summed E-state index contributed by atoms with van der Waals surface area (Å²) in [6.45, 7) is 4.46. The van der Waals surface area contributed by atoms with Crippen molar-refractivity contribution < 1.29 is 4.79 Å². The van der Waals surface area contributed by atoms with E-state index in [1.54, 1.807) is 0 Å². The lowest BCUT2D eigenvalue weighted by molar-refractivity contribution is 0.252. The molecule has 2 aromatic heterocycles. The average Bonchev–Trinajstić information content (AvgIpc) is 3.26. The molecular weight excluding hydrogens is 348 g/mol. The fraction of sp³-hybridized carbons (Fsp3) is 0.389. The summed E-state index contributed by atoms with van der Waals surface area (Å²) in [5.74, 6) is 0.797. The van der Waals surface area contributed by atoms with Crippen molar-refractivity contribution in [3.63, 3.8) is 0 Å². The van der Waals surface area contributed by atoms with Gasteiger partial charge in [-0.05, 0) is 50.3 Å². The average molecular weight is 368 g/mol. The largest absolute Gasteiger partial charge is 0.337 e. The second kappa shape index (κ2) is 6.95. The Bertz CT molecular complexity index is 983. The molecule has 2 N–H and O–H groups in total. The normalized spacial score (nSPS) is 13.0. The third-order valence-corrected chi connectivity index (χ3v) is 5.24. The lowest BCUT2D eigenvalue weighted by Crippen LogP contribution is -2.31. The highest BCUT2D eigenvalue weighted by Gasteiger charge is 2.17. The molecule has 0 bridgehead atoms. The number of rotatable bonds is 4. The van der Waals surface area contributed by atoms with Gasteiger partial charge in [-0.15, -0.1) is 0 Å². The van der Waals surface area contributed by atoms with E-state index in [1.807, 2.05) is 26.0 Å². The Morgan fingerprint density at radius 1 is 1.19 bits per heavy atom. The van der Waals surface area contributed by atoms with Gasteiger partial charge >= 0.3 is 6.03 Å². The van der Waals surface area contributed by atoms with Crippen molar-refractivity contribution in [2.24, 2.45) is 0 Å². The van der Waals surface area contributed by atoms with Gasteiger partial charge in [-0.3, -0.25) is 0 Å². The second-order valence-electron chi connectivity index (χ2n) is 6.52. The van der Waals surface area contributed by atoms with Gasteiger partial charge in [0.05, 0.1) is 17.4 Å². The predicted octanol–water partition coefficient (Wildman–Crippen LogP) is 2.95. The minimum atomic E-state index is -0.258. The zero-order valence-electron chi connectivity index (χ0n) is 14.8. The van der Waals surface area contributed by atoms with Gasteiger partial charge in [-0.2, -0.15) is 8.75 Å². The molecule has 2 heterocycles. The molecule has 4 rings (SSSR count). The highest BCUT2D eigenvalue weighted by atomic mass is 32.1. The van der Waals surface area contributed by atoms with Gasteiger partial charge in [0.15, 0.2) is 0 Å². The third kappa shape index (κ3) is 3.24. The van der Waals surface area contributed by atoms with E-state index < -0.39 is 0 Å².